The number of aromatic nitrogens is 3. The second-order valence-electron chi connectivity index (χ2n) is 5.91. The van der Waals surface area contributed by atoms with Crippen molar-refractivity contribution in [2.45, 2.75) is 0 Å². The maximum Gasteiger partial charge on any atom is 0.278 e. The summed E-state index contributed by atoms with van der Waals surface area (Å²) < 4.78 is 0. The predicted octanol–water partition coefficient (Wildman–Crippen LogP) is 5.01. The maximum atomic E-state index is 12.8. The van der Waals surface area contributed by atoms with E-state index in [-0.39, 0.29) is 11.4 Å². The molecule has 0 atom stereocenters. The summed E-state index contributed by atoms with van der Waals surface area (Å²) >= 11 is 7.25. The molecule has 4 aromatic rings. The third-order valence-electron chi connectivity index (χ3n) is 4.03. The average molecular weight is 426 g/mol. The van der Waals surface area contributed by atoms with E-state index in [4.69, 9.17) is 11.6 Å². The van der Waals surface area contributed by atoms with Gasteiger partial charge in [-0.1, -0.05) is 35.9 Å². The zero-order valence-corrected chi connectivity index (χ0v) is 16.2. The summed E-state index contributed by atoms with van der Waals surface area (Å²) in [6.07, 6.45) is 1.58. The van der Waals surface area contributed by atoms with Crippen molar-refractivity contribution >= 4 is 39.7 Å². The summed E-state index contributed by atoms with van der Waals surface area (Å²) in [5, 5.41) is 16.5. The third-order valence-corrected chi connectivity index (χ3v) is 4.98. The van der Waals surface area contributed by atoms with E-state index in [2.05, 4.69) is 20.3 Å². The molecule has 2 aromatic carbocycles. The number of rotatable bonds is 5. The van der Waals surface area contributed by atoms with E-state index < -0.39 is 10.8 Å². The lowest BCUT2D eigenvalue weighted by atomic mass is 10.1. The molecular formula is C19H12ClN5O3S. The van der Waals surface area contributed by atoms with Crippen LogP contribution < -0.4 is 5.32 Å². The molecule has 0 spiro atoms. The quantitative estimate of drug-likeness (QED) is 0.344. The summed E-state index contributed by atoms with van der Waals surface area (Å²) in [6.45, 7) is 0. The van der Waals surface area contributed by atoms with Crippen molar-refractivity contribution in [3.63, 3.8) is 0 Å². The van der Waals surface area contributed by atoms with Gasteiger partial charge in [0.25, 0.3) is 11.6 Å². The van der Waals surface area contributed by atoms with Crippen LogP contribution in [0.5, 0.6) is 0 Å². The van der Waals surface area contributed by atoms with Crippen LogP contribution in [0, 0.1) is 10.1 Å². The number of thiazole rings is 1. The topological polar surface area (TPSA) is 114 Å². The van der Waals surface area contributed by atoms with Gasteiger partial charge in [-0.15, -0.1) is 11.3 Å². The van der Waals surface area contributed by atoms with Gasteiger partial charge in [-0.2, -0.15) is 0 Å². The number of nitro benzene ring substituents is 1. The van der Waals surface area contributed by atoms with Crippen LogP contribution in [-0.2, 0) is 0 Å². The lowest BCUT2D eigenvalue weighted by Gasteiger charge is -2.03. The number of hydrogen-bond donors (Lipinski definition) is 2. The Morgan fingerprint density at radius 1 is 1.17 bits per heavy atom. The standard InChI is InChI=1S/C19H12ClN5O3S/c20-13-6-4-11(5-7-13)15-16(18(26)24-19-21-8-9-29-19)23-17(22-15)12-2-1-3-14(10-12)25(27)28/h1-10H,(H,22,23)(H,21,24,26). The number of imidazole rings is 1. The Morgan fingerprint density at radius 3 is 2.66 bits per heavy atom. The summed E-state index contributed by atoms with van der Waals surface area (Å²) in [6, 6.07) is 12.9. The molecule has 0 aliphatic carbocycles. The van der Waals surface area contributed by atoms with E-state index in [9.17, 15) is 14.9 Å². The Hall–Kier alpha value is -3.56. The molecular weight excluding hydrogens is 414 g/mol. The van der Waals surface area contributed by atoms with Gasteiger partial charge in [0.15, 0.2) is 10.8 Å². The van der Waals surface area contributed by atoms with Crippen molar-refractivity contribution in [1.82, 2.24) is 15.0 Å². The summed E-state index contributed by atoms with van der Waals surface area (Å²) in [5.74, 6) is -0.110. The molecule has 1 amide bonds. The van der Waals surface area contributed by atoms with E-state index in [0.717, 1.165) is 0 Å². The number of halogens is 1. The van der Waals surface area contributed by atoms with Crippen LogP contribution in [0.25, 0.3) is 22.6 Å². The van der Waals surface area contributed by atoms with E-state index >= 15 is 0 Å². The lowest BCUT2D eigenvalue weighted by molar-refractivity contribution is -0.384. The molecule has 0 fully saturated rings. The van der Waals surface area contributed by atoms with Crippen molar-refractivity contribution < 1.29 is 9.72 Å². The summed E-state index contributed by atoms with van der Waals surface area (Å²) in [4.78, 5) is 35.0. The van der Waals surface area contributed by atoms with Crippen LogP contribution in [0.3, 0.4) is 0 Å². The van der Waals surface area contributed by atoms with E-state index in [0.29, 0.717) is 32.8 Å². The minimum Gasteiger partial charge on any atom is -0.337 e. The van der Waals surface area contributed by atoms with Gasteiger partial charge in [-0.25, -0.2) is 9.97 Å². The van der Waals surface area contributed by atoms with Gasteiger partial charge in [-0.05, 0) is 12.1 Å². The second-order valence-corrected chi connectivity index (χ2v) is 7.25. The number of nitrogens with zero attached hydrogens (tertiary/aromatic N) is 3. The fourth-order valence-electron chi connectivity index (χ4n) is 2.71. The Balaban J connectivity index is 1.80. The lowest BCUT2D eigenvalue weighted by Crippen LogP contribution is -2.13. The number of nitro groups is 1. The molecule has 2 N–H and O–H groups in total. The number of amides is 1. The first-order valence-electron chi connectivity index (χ1n) is 8.33. The minimum atomic E-state index is -0.484. The van der Waals surface area contributed by atoms with Crippen LogP contribution in [0.1, 0.15) is 10.5 Å². The monoisotopic (exact) mass is 425 g/mol. The predicted molar refractivity (Wildman–Crippen MR) is 111 cm³/mol. The number of nitrogens with one attached hydrogen (secondary N) is 2. The molecule has 0 aliphatic rings. The number of non-ortho nitro benzene ring substituents is 1. The minimum absolute atomic E-state index is 0.0688. The van der Waals surface area contributed by atoms with E-state index in [1.165, 1.54) is 23.5 Å². The van der Waals surface area contributed by atoms with Gasteiger partial charge in [0.1, 0.15) is 5.82 Å². The van der Waals surface area contributed by atoms with Gasteiger partial charge in [-0.3, -0.25) is 20.2 Å². The average Bonchev–Trinajstić information content (AvgIpc) is 3.38. The van der Waals surface area contributed by atoms with Crippen molar-refractivity contribution in [2.24, 2.45) is 0 Å². The highest BCUT2D eigenvalue weighted by Crippen LogP contribution is 2.29. The van der Waals surface area contributed by atoms with E-state index in [1.807, 2.05) is 0 Å². The highest BCUT2D eigenvalue weighted by molar-refractivity contribution is 7.13. The van der Waals surface area contributed by atoms with E-state index in [1.54, 1.807) is 48.0 Å². The molecule has 8 nitrogen and oxygen atoms in total. The van der Waals surface area contributed by atoms with Gasteiger partial charge >= 0.3 is 0 Å². The first kappa shape index (κ1) is 18.8. The SMILES string of the molecule is O=C(Nc1nccs1)c1nc(-c2cccc([N+](=O)[O-])c2)[nH]c1-c1ccc(Cl)cc1. The Morgan fingerprint density at radius 2 is 1.97 bits per heavy atom. The van der Waals surface area contributed by atoms with Crippen LogP contribution in [0.4, 0.5) is 10.8 Å². The second kappa shape index (κ2) is 7.82. The molecule has 0 saturated carbocycles. The fraction of sp³-hybridized carbons (Fsp3) is 0. The maximum absolute atomic E-state index is 12.8. The molecule has 0 aliphatic heterocycles. The summed E-state index contributed by atoms with van der Waals surface area (Å²) in [7, 11) is 0. The molecule has 2 aromatic heterocycles. The molecule has 4 rings (SSSR count). The molecule has 0 bridgehead atoms. The first-order chi connectivity index (χ1) is 14.0. The number of H-pyrrole nitrogens is 1. The molecule has 29 heavy (non-hydrogen) atoms. The molecule has 144 valence electrons. The number of carbonyl (C=O) groups is 1. The number of aromatic amines is 1. The molecule has 10 heteroatoms. The van der Waals surface area contributed by atoms with Gasteiger partial charge < -0.3 is 4.98 Å². The first-order valence-corrected chi connectivity index (χ1v) is 9.58. The smallest absolute Gasteiger partial charge is 0.278 e. The van der Waals surface area contributed by atoms with Crippen molar-refractivity contribution in [3.05, 3.63) is 80.9 Å². The number of anilines is 1. The van der Waals surface area contributed by atoms with Crippen LogP contribution in [-0.4, -0.2) is 25.8 Å². The van der Waals surface area contributed by atoms with Crippen molar-refractivity contribution in [1.29, 1.82) is 0 Å². The summed E-state index contributed by atoms with van der Waals surface area (Å²) in [5.41, 5.74) is 1.73. The molecule has 2 heterocycles. The highest BCUT2D eigenvalue weighted by Gasteiger charge is 2.21. The van der Waals surface area contributed by atoms with Gasteiger partial charge in [0.2, 0.25) is 0 Å². The largest absolute Gasteiger partial charge is 0.337 e. The number of hydrogen-bond acceptors (Lipinski definition) is 6. The Labute approximate surface area is 173 Å². The number of benzene rings is 2. The third kappa shape index (κ3) is 4.00. The Kier molecular flexibility index (Phi) is 5.07. The number of carbonyl (C=O) groups excluding carboxylic acids is 1. The van der Waals surface area contributed by atoms with Crippen LogP contribution in [0.2, 0.25) is 5.02 Å². The Bertz CT molecular complexity index is 1190. The molecule has 0 unspecified atom stereocenters. The zero-order valence-electron chi connectivity index (χ0n) is 14.6. The molecule has 0 saturated heterocycles. The van der Waals surface area contributed by atoms with Crippen LogP contribution >= 0.6 is 22.9 Å². The van der Waals surface area contributed by atoms with Crippen molar-refractivity contribution in [3.8, 4) is 22.6 Å². The highest BCUT2D eigenvalue weighted by atomic mass is 35.5. The normalized spacial score (nSPS) is 10.7. The zero-order chi connectivity index (χ0) is 20.4. The van der Waals surface area contributed by atoms with Gasteiger partial charge in [0.05, 0.1) is 10.6 Å². The fourth-order valence-corrected chi connectivity index (χ4v) is 3.36. The molecule has 0 radical (unpaired) electrons. The van der Waals surface area contributed by atoms with Crippen LogP contribution in [0.15, 0.2) is 60.1 Å². The van der Waals surface area contributed by atoms with Gasteiger partial charge in [0, 0.05) is 39.9 Å². The van der Waals surface area contributed by atoms with Crippen molar-refractivity contribution in [2.75, 3.05) is 5.32 Å².